The van der Waals surface area contributed by atoms with Crippen molar-refractivity contribution < 1.29 is 0 Å². The number of aromatic nitrogens is 1. The Hall–Kier alpha value is -1.09. The monoisotopic (exact) mass is 207 g/mol. The summed E-state index contributed by atoms with van der Waals surface area (Å²) in [5.74, 6) is 0. The summed E-state index contributed by atoms with van der Waals surface area (Å²) in [6.07, 6.45) is 3.75. The molecule has 0 amide bonds. The van der Waals surface area contributed by atoms with Gasteiger partial charge >= 0.3 is 0 Å². The van der Waals surface area contributed by atoms with Crippen LogP contribution in [-0.2, 0) is 0 Å². The Morgan fingerprint density at radius 1 is 1.47 bits per heavy atom. The van der Waals surface area contributed by atoms with Crippen LogP contribution in [0.15, 0.2) is 18.5 Å². The zero-order valence-electron chi connectivity index (χ0n) is 10.1. The van der Waals surface area contributed by atoms with Crippen LogP contribution in [-0.4, -0.2) is 31.2 Å². The molecule has 0 atom stereocenters. The van der Waals surface area contributed by atoms with Crippen molar-refractivity contribution in [3.63, 3.8) is 0 Å². The number of likely N-dealkylation sites (N-methyl/N-ethyl adjacent to an activating group) is 1. The lowest BCUT2D eigenvalue weighted by Crippen LogP contribution is -2.33. The van der Waals surface area contributed by atoms with Gasteiger partial charge in [-0.2, -0.15) is 0 Å². The van der Waals surface area contributed by atoms with Crippen molar-refractivity contribution in [2.75, 3.05) is 25.0 Å². The van der Waals surface area contributed by atoms with Gasteiger partial charge in [-0.05, 0) is 18.6 Å². The Labute approximate surface area is 92.5 Å². The van der Waals surface area contributed by atoms with Crippen LogP contribution in [0.5, 0.6) is 0 Å². The maximum Gasteiger partial charge on any atom is 0.0424 e. The lowest BCUT2D eigenvalue weighted by molar-refractivity contribution is 0.589. The number of pyridine rings is 1. The molecule has 3 heteroatoms. The summed E-state index contributed by atoms with van der Waals surface area (Å²) < 4.78 is 0. The molecule has 0 bridgehead atoms. The van der Waals surface area contributed by atoms with Gasteiger partial charge in [0.1, 0.15) is 0 Å². The predicted octanol–water partition coefficient (Wildman–Crippen LogP) is 1.82. The van der Waals surface area contributed by atoms with E-state index in [1.165, 1.54) is 11.3 Å². The van der Waals surface area contributed by atoms with Crippen LogP contribution in [0.4, 0.5) is 5.69 Å². The van der Waals surface area contributed by atoms with Crippen molar-refractivity contribution in [3.8, 4) is 0 Å². The number of rotatable bonds is 5. The molecule has 1 N–H and O–H groups in total. The number of nitrogens with one attached hydrogen (secondary N) is 1. The SMILES string of the molecule is Cc1cnccc1N(C)CCNC(C)C. The van der Waals surface area contributed by atoms with Gasteiger partial charge in [-0.1, -0.05) is 13.8 Å². The highest BCUT2D eigenvalue weighted by Gasteiger charge is 2.03. The van der Waals surface area contributed by atoms with E-state index in [2.05, 4.69) is 49.1 Å². The van der Waals surface area contributed by atoms with Gasteiger partial charge in [0.15, 0.2) is 0 Å². The van der Waals surface area contributed by atoms with Crippen molar-refractivity contribution in [1.82, 2.24) is 10.3 Å². The first-order chi connectivity index (χ1) is 7.11. The first-order valence-electron chi connectivity index (χ1n) is 5.46. The second kappa shape index (κ2) is 5.71. The van der Waals surface area contributed by atoms with Crippen LogP contribution in [0, 0.1) is 6.92 Å². The molecule has 84 valence electrons. The summed E-state index contributed by atoms with van der Waals surface area (Å²) in [6, 6.07) is 2.61. The Bertz CT molecular complexity index is 297. The first kappa shape index (κ1) is 12.0. The summed E-state index contributed by atoms with van der Waals surface area (Å²) in [5.41, 5.74) is 2.49. The van der Waals surface area contributed by atoms with Crippen LogP contribution >= 0.6 is 0 Å². The van der Waals surface area contributed by atoms with E-state index in [4.69, 9.17) is 0 Å². The molecule has 1 heterocycles. The van der Waals surface area contributed by atoms with Gasteiger partial charge in [-0.15, -0.1) is 0 Å². The van der Waals surface area contributed by atoms with Crippen molar-refractivity contribution >= 4 is 5.69 Å². The van der Waals surface area contributed by atoms with E-state index in [0.29, 0.717) is 6.04 Å². The summed E-state index contributed by atoms with van der Waals surface area (Å²) in [5, 5.41) is 3.41. The van der Waals surface area contributed by atoms with E-state index in [-0.39, 0.29) is 0 Å². The van der Waals surface area contributed by atoms with Crippen LogP contribution in [0.2, 0.25) is 0 Å². The fourth-order valence-electron chi connectivity index (χ4n) is 1.54. The number of aryl methyl sites for hydroxylation is 1. The predicted molar refractivity (Wildman–Crippen MR) is 65.4 cm³/mol. The maximum atomic E-state index is 4.09. The Balaban J connectivity index is 2.47. The average Bonchev–Trinajstić information content (AvgIpc) is 2.17. The van der Waals surface area contributed by atoms with Crippen LogP contribution in [0.25, 0.3) is 0 Å². The highest BCUT2D eigenvalue weighted by Crippen LogP contribution is 2.15. The third kappa shape index (κ3) is 3.88. The number of hydrogen-bond donors (Lipinski definition) is 1. The minimum atomic E-state index is 0.553. The molecule has 0 spiro atoms. The third-order valence-electron chi connectivity index (χ3n) is 2.40. The van der Waals surface area contributed by atoms with Crippen LogP contribution in [0.3, 0.4) is 0 Å². The lowest BCUT2D eigenvalue weighted by atomic mass is 10.2. The Kier molecular flexibility index (Phi) is 4.56. The van der Waals surface area contributed by atoms with E-state index in [9.17, 15) is 0 Å². The van der Waals surface area contributed by atoms with E-state index in [1.807, 2.05) is 12.4 Å². The average molecular weight is 207 g/mol. The van der Waals surface area contributed by atoms with Crippen LogP contribution in [0.1, 0.15) is 19.4 Å². The third-order valence-corrected chi connectivity index (χ3v) is 2.40. The molecule has 0 aliphatic heterocycles. The van der Waals surface area contributed by atoms with Crippen molar-refractivity contribution in [2.24, 2.45) is 0 Å². The summed E-state index contributed by atoms with van der Waals surface area (Å²) in [4.78, 5) is 6.35. The summed E-state index contributed by atoms with van der Waals surface area (Å²) in [7, 11) is 2.12. The molecule has 0 aliphatic rings. The fourth-order valence-corrected chi connectivity index (χ4v) is 1.54. The molecule has 0 unspecified atom stereocenters. The smallest absolute Gasteiger partial charge is 0.0424 e. The molecule has 0 saturated heterocycles. The Morgan fingerprint density at radius 3 is 2.80 bits per heavy atom. The van der Waals surface area contributed by atoms with E-state index < -0.39 is 0 Å². The number of anilines is 1. The molecule has 15 heavy (non-hydrogen) atoms. The van der Waals surface area contributed by atoms with Gasteiger partial charge in [0.25, 0.3) is 0 Å². The standard InChI is InChI=1S/C12H21N3/c1-10(2)14-7-8-15(4)12-5-6-13-9-11(12)3/h5-6,9-10,14H,7-8H2,1-4H3. The van der Waals surface area contributed by atoms with Crippen LogP contribution < -0.4 is 10.2 Å². The van der Waals surface area contributed by atoms with Gasteiger partial charge in [0, 0.05) is 44.3 Å². The lowest BCUT2D eigenvalue weighted by Gasteiger charge is -2.21. The largest absolute Gasteiger partial charge is 0.373 e. The fraction of sp³-hybridized carbons (Fsp3) is 0.583. The summed E-state index contributed by atoms with van der Waals surface area (Å²) in [6.45, 7) is 8.45. The molecule has 3 nitrogen and oxygen atoms in total. The number of hydrogen-bond acceptors (Lipinski definition) is 3. The van der Waals surface area contributed by atoms with E-state index in [0.717, 1.165) is 13.1 Å². The zero-order chi connectivity index (χ0) is 11.3. The molecule has 1 aromatic heterocycles. The van der Waals surface area contributed by atoms with Gasteiger partial charge in [0.05, 0.1) is 0 Å². The molecule has 0 aromatic carbocycles. The second-order valence-corrected chi connectivity index (χ2v) is 4.19. The molecule has 0 radical (unpaired) electrons. The minimum absolute atomic E-state index is 0.553. The van der Waals surface area contributed by atoms with Crippen molar-refractivity contribution in [2.45, 2.75) is 26.8 Å². The topological polar surface area (TPSA) is 28.2 Å². The molecule has 0 saturated carbocycles. The molecule has 0 aliphatic carbocycles. The Morgan fingerprint density at radius 2 is 2.20 bits per heavy atom. The zero-order valence-corrected chi connectivity index (χ0v) is 10.1. The highest BCUT2D eigenvalue weighted by atomic mass is 15.1. The maximum absolute atomic E-state index is 4.09. The molecule has 1 aromatic rings. The number of nitrogens with zero attached hydrogens (tertiary/aromatic N) is 2. The summed E-state index contributed by atoms with van der Waals surface area (Å²) >= 11 is 0. The van der Waals surface area contributed by atoms with Gasteiger partial charge < -0.3 is 10.2 Å². The first-order valence-corrected chi connectivity index (χ1v) is 5.46. The molecule has 0 fully saturated rings. The quantitative estimate of drug-likeness (QED) is 0.798. The second-order valence-electron chi connectivity index (χ2n) is 4.19. The van der Waals surface area contributed by atoms with Gasteiger partial charge in [-0.3, -0.25) is 4.98 Å². The molecular formula is C12H21N3. The molecule has 1 rings (SSSR count). The minimum Gasteiger partial charge on any atom is -0.373 e. The normalized spacial score (nSPS) is 10.7. The van der Waals surface area contributed by atoms with E-state index in [1.54, 1.807) is 0 Å². The van der Waals surface area contributed by atoms with Gasteiger partial charge in [0.2, 0.25) is 0 Å². The molecular weight excluding hydrogens is 186 g/mol. The van der Waals surface area contributed by atoms with E-state index >= 15 is 0 Å². The highest BCUT2D eigenvalue weighted by molar-refractivity contribution is 5.50. The van der Waals surface area contributed by atoms with Crippen molar-refractivity contribution in [3.05, 3.63) is 24.0 Å². The van der Waals surface area contributed by atoms with Gasteiger partial charge in [-0.25, -0.2) is 0 Å². The van der Waals surface area contributed by atoms with Crippen molar-refractivity contribution in [1.29, 1.82) is 0 Å².